The Morgan fingerprint density at radius 2 is 1.71 bits per heavy atom. The molecular weight excluding hydrogens is 331 g/mol. The van der Waals surface area contributed by atoms with Crippen LogP contribution in [0.25, 0.3) is 0 Å². The minimum Gasteiger partial charge on any atom is -0.293 e. The lowest BCUT2D eigenvalue weighted by Crippen LogP contribution is -2.33. The van der Waals surface area contributed by atoms with E-state index < -0.39 is 11.2 Å². The van der Waals surface area contributed by atoms with Crippen LogP contribution in [0.2, 0.25) is 0 Å². The van der Waals surface area contributed by atoms with Gasteiger partial charge < -0.3 is 0 Å². The minimum absolute atomic E-state index is 0.0926. The molecule has 1 fully saturated rings. The zero-order chi connectivity index (χ0) is 14.9. The fourth-order valence-corrected chi connectivity index (χ4v) is 3.67. The Kier molecular flexibility index (Phi) is 3.94. The van der Waals surface area contributed by atoms with Gasteiger partial charge in [-0.25, -0.2) is 4.39 Å². The Morgan fingerprint density at radius 3 is 2.38 bits per heavy atom. The molecule has 3 rings (SSSR count). The summed E-state index contributed by atoms with van der Waals surface area (Å²) in [4.78, 5) is 13.1. The third-order valence-corrected chi connectivity index (χ3v) is 4.88. The van der Waals surface area contributed by atoms with Crippen molar-refractivity contribution in [3.05, 3.63) is 69.9 Å². The second kappa shape index (κ2) is 5.72. The van der Waals surface area contributed by atoms with E-state index in [-0.39, 0.29) is 11.3 Å². The summed E-state index contributed by atoms with van der Waals surface area (Å²) in [7, 11) is 0. The predicted molar refractivity (Wildman–Crippen MR) is 85.0 cm³/mol. The summed E-state index contributed by atoms with van der Waals surface area (Å²) in [6.45, 7) is 0. The molecule has 0 N–H and O–H groups in total. The summed E-state index contributed by atoms with van der Waals surface area (Å²) in [6.07, 6.45) is 3.61. The molecule has 0 aliphatic heterocycles. The third-order valence-electron chi connectivity index (χ3n) is 4.39. The number of hydrogen-bond donors (Lipinski definition) is 0. The van der Waals surface area contributed by atoms with E-state index in [0.717, 1.165) is 35.7 Å². The highest BCUT2D eigenvalue weighted by Gasteiger charge is 2.43. The first-order valence-electron chi connectivity index (χ1n) is 7.19. The SMILES string of the molecule is O=C(c1cc(Br)ccc1F)C1(c2ccccc2)CCCC1. The average Bonchev–Trinajstić information content (AvgIpc) is 3.01. The molecule has 21 heavy (non-hydrogen) atoms. The summed E-state index contributed by atoms with van der Waals surface area (Å²) in [6, 6.07) is 14.4. The molecule has 0 radical (unpaired) electrons. The van der Waals surface area contributed by atoms with E-state index in [2.05, 4.69) is 15.9 Å². The van der Waals surface area contributed by atoms with Crippen molar-refractivity contribution in [2.45, 2.75) is 31.1 Å². The zero-order valence-electron chi connectivity index (χ0n) is 11.6. The first-order valence-corrected chi connectivity index (χ1v) is 7.98. The molecule has 2 aromatic rings. The van der Waals surface area contributed by atoms with Crippen LogP contribution in [0, 0.1) is 5.82 Å². The quantitative estimate of drug-likeness (QED) is 0.690. The van der Waals surface area contributed by atoms with E-state index in [1.807, 2.05) is 30.3 Å². The van der Waals surface area contributed by atoms with Gasteiger partial charge in [0.05, 0.1) is 11.0 Å². The molecule has 0 aromatic heterocycles. The number of halogens is 2. The van der Waals surface area contributed by atoms with Crippen molar-refractivity contribution in [1.29, 1.82) is 0 Å². The molecule has 0 unspecified atom stereocenters. The summed E-state index contributed by atoms with van der Waals surface area (Å²) in [5.74, 6) is -0.532. The van der Waals surface area contributed by atoms with E-state index in [1.54, 1.807) is 12.1 Å². The molecule has 0 atom stereocenters. The smallest absolute Gasteiger partial charge is 0.176 e. The van der Waals surface area contributed by atoms with Crippen LogP contribution in [0.5, 0.6) is 0 Å². The number of Topliss-reactive ketones (excluding diaryl/α,β-unsaturated/α-hetero) is 1. The Bertz CT molecular complexity index is 660. The van der Waals surface area contributed by atoms with Crippen LogP contribution in [0.15, 0.2) is 53.0 Å². The van der Waals surface area contributed by atoms with Crippen molar-refractivity contribution >= 4 is 21.7 Å². The Hall–Kier alpha value is -1.48. The van der Waals surface area contributed by atoms with Gasteiger partial charge in [-0.1, -0.05) is 59.1 Å². The highest BCUT2D eigenvalue weighted by molar-refractivity contribution is 9.10. The minimum atomic E-state index is -0.567. The van der Waals surface area contributed by atoms with Crippen LogP contribution in [0.3, 0.4) is 0 Å². The van der Waals surface area contributed by atoms with Gasteiger partial charge in [0.25, 0.3) is 0 Å². The number of hydrogen-bond acceptors (Lipinski definition) is 1. The highest BCUT2D eigenvalue weighted by Crippen LogP contribution is 2.44. The number of ketones is 1. The first-order chi connectivity index (χ1) is 10.1. The van der Waals surface area contributed by atoms with Crippen LogP contribution in [-0.2, 0) is 5.41 Å². The van der Waals surface area contributed by atoms with Gasteiger partial charge in [0, 0.05) is 4.47 Å². The monoisotopic (exact) mass is 346 g/mol. The summed E-state index contributed by atoms with van der Waals surface area (Å²) < 4.78 is 14.8. The van der Waals surface area contributed by atoms with Crippen molar-refractivity contribution in [1.82, 2.24) is 0 Å². The zero-order valence-corrected chi connectivity index (χ0v) is 13.2. The van der Waals surface area contributed by atoms with E-state index >= 15 is 0 Å². The molecule has 0 spiro atoms. The van der Waals surface area contributed by atoms with Crippen LogP contribution >= 0.6 is 15.9 Å². The van der Waals surface area contributed by atoms with Crippen molar-refractivity contribution in [2.75, 3.05) is 0 Å². The maximum Gasteiger partial charge on any atom is 0.176 e. The average molecular weight is 347 g/mol. The van der Waals surface area contributed by atoms with Gasteiger partial charge in [0.15, 0.2) is 5.78 Å². The van der Waals surface area contributed by atoms with Crippen LogP contribution in [0.4, 0.5) is 4.39 Å². The molecule has 108 valence electrons. The predicted octanol–water partition coefficient (Wildman–Crippen LogP) is 5.28. The molecule has 0 bridgehead atoms. The number of benzene rings is 2. The lowest BCUT2D eigenvalue weighted by atomic mass is 9.73. The van der Waals surface area contributed by atoms with Gasteiger partial charge in [0.1, 0.15) is 5.82 Å². The normalized spacial score (nSPS) is 16.9. The van der Waals surface area contributed by atoms with Gasteiger partial charge in [-0.05, 0) is 36.6 Å². The summed E-state index contributed by atoms with van der Waals surface area (Å²) in [5, 5.41) is 0. The maximum absolute atomic E-state index is 14.1. The molecule has 1 nitrogen and oxygen atoms in total. The van der Waals surface area contributed by atoms with Crippen molar-refractivity contribution in [2.24, 2.45) is 0 Å². The van der Waals surface area contributed by atoms with Gasteiger partial charge >= 0.3 is 0 Å². The molecule has 1 aliphatic rings. The summed E-state index contributed by atoms with van der Waals surface area (Å²) >= 11 is 3.33. The molecule has 0 saturated heterocycles. The van der Waals surface area contributed by atoms with Crippen LogP contribution < -0.4 is 0 Å². The molecule has 2 aromatic carbocycles. The lowest BCUT2D eigenvalue weighted by molar-refractivity contribution is 0.0881. The maximum atomic E-state index is 14.1. The summed E-state index contributed by atoms with van der Waals surface area (Å²) in [5.41, 5.74) is 0.630. The fraction of sp³-hybridized carbons (Fsp3) is 0.278. The van der Waals surface area contributed by atoms with Gasteiger partial charge in [-0.15, -0.1) is 0 Å². The van der Waals surface area contributed by atoms with Crippen molar-refractivity contribution in [3.63, 3.8) is 0 Å². The second-order valence-electron chi connectivity index (χ2n) is 5.61. The third kappa shape index (κ3) is 2.55. The largest absolute Gasteiger partial charge is 0.293 e. The van der Waals surface area contributed by atoms with Gasteiger partial charge in [-0.2, -0.15) is 0 Å². The van der Waals surface area contributed by atoms with Crippen molar-refractivity contribution < 1.29 is 9.18 Å². The van der Waals surface area contributed by atoms with Gasteiger partial charge in [0.2, 0.25) is 0 Å². The molecule has 1 saturated carbocycles. The van der Waals surface area contributed by atoms with E-state index in [4.69, 9.17) is 0 Å². The Balaban J connectivity index is 2.10. The highest BCUT2D eigenvalue weighted by atomic mass is 79.9. The molecule has 0 amide bonds. The van der Waals surface area contributed by atoms with E-state index in [9.17, 15) is 9.18 Å². The van der Waals surface area contributed by atoms with Crippen LogP contribution in [-0.4, -0.2) is 5.78 Å². The molecule has 1 aliphatic carbocycles. The number of carbonyl (C=O) groups excluding carboxylic acids is 1. The first kappa shape index (κ1) is 14.5. The number of carbonyl (C=O) groups is 1. The second-order valence-corrected chi connectivity index (χ2v) is 6.52. The standard InChI is InChI=1S/C18H16BrFO/c19-14-8-9-16(20)15(12-14)17(21)18(10-4-5-11-18)13-6-2-1-3-7-13/h1-3,6-9,12H,4-5,10-11H2. The molecule has 3 heteroatoms. The number of rotatable bonds is 3. The topological polar surface area (TPSA) is 17.1 Å². The van der Waals surface area contributed by atoms with Crippen LogP contribution in [0.1, 0.15) is 41.6 Å². The lowest BCUT2D eigenvalue weighted by Gasteiger charge is -2.28. The Morgan fingerprint density at radius 1 is 1.05 bits per heavy atom. The Labute approximate surface area is 132 Å². The molecular formula is C18H16BrFO. The van der Waals surface area contributed by atoms with E-state index in [1.165, 1.54) is 6.07 Å². The fourth-order valence-electron chi connectivity index (χ4n) is 3.31. The molecule has 0 heterocycles. The van der Waals surface area contributed by atoms with Crippen molar-refractivity contribution in [3.8, 4) is 0 Å². The van der Waals surface area contributed by atoms with E-state index in [0.29, 0.717) is 0 Å². The van der Waals surface area contributed by atoms with Gasteiger partial charge in [-0.3, -0.25) is 4.79 Å².